The van der Waals surface area contributed by atoms with Gasteiger partial charge in [-0.25, -0.2) is 0 Å². The second kappa shape index (κ2) is 4.02. The molecule has 0 amide bonds. The second-order valence-corrected chi connectivity index (χ2v) is 5.01. The molecule has 14 heavy (non-hydrogen) atoms. The molecule has 0 saturated carbocycles. The SMILES string of the molecule is Cc1cnc(CC(C)S(=O)(=O)O)cn1. The van der Waals surface area contributed by atoms with Gasteiger partial charge < -0.3 is 0 Å². The average Bonchev–Trinajstić information content (AvgIpc) is 2.07. The van der Waals surface area contributed by atoms with E-state index in [1.807, 2.05) is 0 Å². The molecule has 78 valence electrons. The molecule has 1 rings (SSSR count). The number of nitrogens with zero attached hydrogens (tertiary/aromatic N) is 2. The molecule has 0 aliphatic rings. The van der Waals surface area contributed by atoms with E-state index in [1.165, 1.54) is 13.1 Å². The van der Waals surface area contributed by atoms with Crippen molar-refractivity contribution in [3.8, 4) is 0 Å². The lowest BCUT2D eigenvalue weighted by Crippen LogP contribution is -2.19. The van der Waals surface area contributed by atoms with E-state index in [2.05, 4.69) is 9.97 Å². The van der Waals surface area contributed by atoms with Gasteiger partial charge in [0.2, 0.25) is 0 Å². The lowest BCUT2D eigenvalue weighted by atomic mass is 10.2. The highest BCUT2D eigenvalue weighted by Crippen LogP contribution is 2.05. The Balaban J connectivity index is 2.75. The molecule has 1 aromatic rings. The predicted octanol–water partition coefficient (Wildman–Crippen LogP) is 0.604. The maximum Gasteiger partial charge on any atom is 0.267 e. The van der Waals surface area contributed by atoms with E-state index in [-0.39, 0.29) is 6.42 Å². The molecule has 0 saturated heterocycles. The molecule has 1 unspecified atom stereocenters. The summed E-state index contributed by atoms with van der Waals surface area (Å²) in [6.45, 7) is 3.22. The molecule has 0 bridgehead atoms. The highest BCUT2D eigenvalue weighted by Gasteiger charge is 2.18. The first kappa shape index (κ1) is 11.1. The largest absolute Gasteiger partial charge is 0.285 e. The molecule has 0 fully saturated rings. The molecule has 0 spiro atoms. The molecule has 1 heterocycles. The molecule has 0 aromatic carbocycles. The summed E-state index contributed by atoms with van der Waals surface area (Å²) in [5.74, 6) is 0. The minimum absolute atomic E-state index is 0.173. The van der Waals surface area contributed by atoms with Crippen molar-refractivity contribution in [2.24, 2.45) is 0 Å². The third-order valence-corrected chi connectivity index (χ3v) is 3.02. The molecular formula is C8H12N2O3S. The highest BCUT2D eigenvalue weighted by molar-refractivity contribution is 7.86. The van der Waals surface area contributed by atoms with Gasteiger partial charge in [0.15, 0.2) is 0 Å². The molecule has 1 N–H and O–H groups in total. The maximum absolute atomic E-state index is 10.7. The van der Waals surface area contributed by atoms with E-state index in [1.54, 1.807) is 13.1 Å². The Bertz CT molecular complexity index is 399. The van der Waals surface area contributed by atoms with Crippen LogP contribution in [0, 0.1) is 6.92 Å². The molecule has 1 atom stereocenters. The fourth-order valence-electron chi connectivity index (χ4n) is 0.925. The van der Waals surface area contributed by atoms with Gasteiger partial charge in [0.05, 0.1) is 16.6 Å². The minimum Gasteiger partial charge on any atom is -0.285 e. The molecule has 0 radical (unpaired) electrons. The minimum atomic E-state index is -3.98. The fraction of sp³-hybridized carbons (Fsp3) is 0.500. The van der Waals surface area contributed by atoms with Crippen molar-refractivity contribution < 1.29 is 13.0 Å². The summed E-state index contributed by atoms with van der Waals surface area (Å²) in [6.07, 6.45) is 3.25. The van der Waals surface area contributed by atoms with Crippen LogP contribution in [0.4, 0.5) is 0 Å². The summed E-state index contributed by atoms with van der Waals surface area (Å²) >= 11 is 0. The van der Waals surface area contributed by atoms with Crippen LogP contribution in [0.2, 0.25) is 0 Å². The van der Waals surface area contributed by atoms with E-state index in [0.29, 0.717) is 5.69 Å². The van der Waals surface area contributed by atoms with Crippen molar-refractivity contribution in [3.63, 3.8) is 0 Å². The first-order chi connectivity index (χ1) is 6.39. The zero-order chi connectivity index (χ0) is 10.8. The van der Waals surface area contributed by atoms with Crippen molar-refractivity contribution in [3.05, 3.63) is 23.8 Å². The molecule has 6 heteroatoms. The summed E-state index contributed by atoms with van der Waals surface area (Å²) in [5.41, 5.74) is 1.33. The van der Waals surface area contributed by atoms with E-state index >= 15 is 0 Å². The van der Waals surface area contributed by atoms with Crippen LogP contribution < -0.4 is 0 Å². The summed E-state index contributed by atoms with van der Waals surface area (Å²) in [4.78, 5) is 7.97. The normalized spacial score (nSPS) is 13.9. The van der Waals surface area contributed by atoms with Crippen LogP contribution in [0.3, 0.4) is 0 Å². The number of rotatable bonds is 3. The van der Waals surface area contributed by atoms with Crippen LogP contribution in [0.5, 0.6) is 0 Å². The first-order valence-corrected chi connectivity index (χ1v) is 5.63. The average molecular weight is 216 g/mol. The monoisotopic (exact) mass is 216 g/mol. The van der Waals surface area contributed by atoms with Crippen molar-refractivity contribution in [2.45, 2.75) is 25.5 Å². The van der Waals surface area contributed by atoms with Gasteiger partial charge in [0, 0.05) is 18.8 Å². The molecule has 0 aliphatic heterocycles. The van der Waals surface area contributed by atoms with Gasteiger partial charge in [-0.05, 0) is 13.8 Å². The third kappa shape index (κ3) is 3.04. The summed E-state index contributed by atoms with van der Waals surface area (Å²) in [7, 11) is -3.98. The zero-order valence-corrected chi connectivity index (χ0v) is 8.82. The van der Waals surface area contributed by atoms with E-state index in [9.17, 15) is 8.42 Å². The lowest BCUT2D eigenvalue weighted by molar-refractivity contribution is 0.469. The standard InChI is InChI=1S/C8H12N2O3S/c1-6-4-10-8(5-9-6)3-7(2)14(11,12)13/h4-5,7H,3H2,1-2H3,(H,11,12,13). The van der Waals surface area contributed by atoms with Crippen LogP contribution in [-0.4, -0.2) is 28.2 Å². The van der Waals surface area contributed by atoms with Gasteiger partial charge in [-0.1, -0.05) is 0 Å². The van der Waals surface area contributed by atoms with Gasteiger partial charge in [0.25, 0.3) is 10.1 Å². The van der Waals surface area contributed by atoms with Crippen molar-refractivity contribution >= 4 is 10.1 Å². The Morgan fingerprint density at radius 3 is 2.50 bits per heavy atom. The van der Waals surface area contributed by atoms with E-state index in [4.69, 9.17) is 4.55 Å². The Morgan fingerprint density at radius 1 is 1.43 bits per heavy atom. The summed E-state index contributed by atoms with van der Waals surface area (Å²) in [5, 5.41) is -0.848. The van der Waals surface area contributed by atoms with Crippen molar-refractivity contribution in [2.75, 3.05) is 0 Å². The first-order valence-electron chi connectivity index (χ1n) is 4.13. The summed E-state index contributed by atoms with van der Waals surface area (Å²) < 4.78 is 30.1. The van der Waals surface area contributed by atoms with Crippen molar-refractivity contribution in [1.82, 2.24) is 9.97 Å². The van der Waals surface area contributed by atoms with Crippen LogP contribution in [0.25, 0.3) is 0 Å². The van der Waals surface area contributed by atoms with Crippen LogP contribution in [0.15, 0.2) is 12.4 Å². The molecular weight excluding hydrogens is 204 g/mol. The zero-order valence-electron chi connectivity index (χ0n) is 8.01. The smallest absolute Gasteiger partial charge is 0.267 e. The Kier molecular flexibility index (Phi) is 3.17. The fourth-order valence-corrected chi connectivity index (χ4v) is 1.31. The number of aryl methyl sites for hydroxylation is 1. The van der Waals surface area contributed by atoms with Crippen LogP contribution in [-0.2, 0) is 16.5 Å². The van der Waals surface area contributed by atoms with Crippen LogP contribution in [0.1, 0.15) is 18.3 Å². The second-order valence-electron chi connectivity index (χ2n) is 3.18. The number of aromatic nitrogens is 2. The lowest BCUT2D eigenvalue weighted by Gasteiger charge is -2.06. The quantitative estimate of drug-likeness (QED) is 0.748. The van der Waals surface area contributed by atoms with E-state index < -0.39 is 15.4 Å². The molecule has 0 aliphatic carbocycles. The van der Waals surface area contributed by atoms with Gasteiger partial charge in [-0.3, -0.25) is 14.5 Å². The summed E-state index contributed by atoms with van der Waals surface area (Å²) in [6, 6.07) is 0. The molecule has 1 aromatic heterocycles. The van der Waals surface area contributed by atoms with Crippen molar-refractivity contribution in [1.29, 1.82) is 0 Å². The predicted molar refractivity (Wildman–Crippen MR) is 51.5 cm³/mol. The third-order valence-electron chi connectivity index (χ3n) is 1.84. The topological polar surface area (TPSA) is 80.2 Å². The number of hydrogen-bond acceptors (Lipinski definition) is 4. The molecule has 5 nitrogen and oxygen atoms in total. The van der Waals surface area contributed by atoms with Crippen LogP contribution >= 0.6 is 0 Å². The van der Waals surface area contributed by atoms with Gasteiger partial charge in [-0.15, -0.1) is 0 Å². The Morgan fingerprint density at radius 2 is 2.07 bits per heavy atom. The maximum atomic E-state index is 10.7. The van der Waals surface area contributed by atoms with Gasteiger partial charge >= 0.3 is 0 Å². The van der Waals surface area contributed by atoms with Gasteiger partial charge in [0.1, 0.15) is 0 Å². The number of hydrogen-bond donors (Lipinski definition) is 1. The van der Waals surface area contributed by atoms with Gasteiger partial charge in [-0.2, -0.15) is 8.42 Å². The Labute approximate surface area is 83.0 Å². The Hall–Kier alpha value is -1.01. The van der Waals surface area contributed by atoms with E-state index in [0.717, 1.165) is 5.69 Å². The highest BCUT2D eigenvalue weighted by atomic mass is 32.2.